The minimum atomic E-state index is -1.12. The van der Waals surface area contributed by atoms with Gasteiger partial charge in [-0.15, -0.1) is 0 Å². The molecule has 21 heavy (non-hydrogen) atoms. The quantitative estimate of drug-likeness (QED) is 0.600. The summed E-state index contributed by atoms with van der Waals surface area (Å²) in [6.07, 6.45) is 1.34. The van der Waals surface area contributed by atoms with E-state index in [0.717, 1.165) is 6.42 Å². The summed E-state index contributed by atoms with van der Waals surface area (Å²) >= 11 is 0. The number of nitrogens with one attached hydrogen (secondary N) is 1. The van der Waals surface area contributed by atoms with E-state index in [0.29, 0.717) is 12.0 Å². The molecular weight excluding hydrogens is 272 g/mol. The summed E-state index contributed by atoms with van der Waals surface area (Å²) in [6.45, 7) is 3.49. The maximum atomic E-state index is 12.1. The number of aromatic hydroxyl groups is 1. The molecule has 0 heterocycles. The Morgan fingerprint density at radius 3 is 2.38 bits per heavy atom. The fourth-order valence-corrected chi connectivity index (χ4v) is 2.02. The van der Waals surface area contributed by atoms with E-state index >= 15 is 0 Å². The number of carboxylic acids is 1. The van der Waals surface area contributed by atoms with Crippen LogP contribution in [0.2, 0.25) is 0 Å². The van der Waals surface area contributed by atoms with Crippen molar-refractivity contribution in [2.24, 2.45) is 5.73 Å². The zero-order valence-electron chi connectivity index (χ0n) is 12.3. The Morgan fingerprint density at radius 2 is 1.90 bits per heavy atom. The summed E-state index contributed by atoms with van der Waals surface area (Å²) in [4.78, 5) is 23.4. The number of hydrogen-bond acceptors (Lipinski definition) is 4. The summed E-state index contributed by atoms with van der Waals surface area (Å²) in [5.41, 5.74) is 5.51. The van der Waals surface area contributed by atoms with E-state index in [4.69, 9.17) is 5.73 Å². The van der Waals surface area contributed by atoms with Gasteiger partial charge in [0, 0.05) is 6.42 Å². The van der Waals surface area contributed by atoms with Crippen LogP contribution in [-0.2, 0) is 16.0 Å². The summed E-state index contributed by atoms with van der Waals surface area (Å²) in [6, 6.07) is 5.12. The molecule has 2 atom stereocenters. The van der Waals surface area contributed by atoms with E-state index in [-0.39, 0.29) is 12.2 Å². The molecule has 1 aromatic rings. The molecule has 1 amide bonds. The van der Waals surface area contributed by atoms with E-state index in [1.165, 1.54) is 12.1 Å². The summed E-state index contributed by atoms with van der Waals surface area (Å²) < 4.78 is 0. The number of rotatable bonds is 7. The number of carbonyl (C=O) groups excluding carboxylic acids is 1. The monoisotopic (exact) mass is 294 g/mol. The highest BCUT2D eigenvalue weighted by atomic mass is 16.4. The lowest BCUT2D eigenvalue weighted by molar-refractivity contribution is -0.142. The lowest BCUT2D eigenvalue weighted by Crippen LogP contribution is -2.56. The maximum Gasteiger partial charge on any atom is 0.326 e. The van der Waals surface area contributed by atoms with Gasteiger partial charge in [-0.05, 0) is 31.0 Å². The maximum absolute atomic E-state index is 12.1. The van der Waals surface area contributed by atoms with Gasteiger partial charge in [0.15, 0.2) is 0 Å². The predicted octanol–water partition coefficient (Wildman–Crippen LogP) is 1.02. The number of hydrogen-bond donors (Lipinski definition) is 4. The van der Waals surface area contributed by atoms with Crippen LogP contribution in [0.3, 0.4) is 0 Å². The van der Waals surface area contributed by atoms with Crippen LogP contribution >= 0.6 is 0 Å². The van der Waals surface area contributed by atoms with Crippen molar-refractivity contribution in [3.05, 3.63) is 29.8 Å². The van der Waals surface area contributed by atoms with Gasteiger partial charge in [0.25, 0.3) is 0 Å². The fraction of sp³-hybridized carbons (Fsp3) is 0.467. The van der Waals surface area contributed by atoms with Gasteiger partial charge >= 0.3 is 5.97 Å². The Morgan fingerprint density at radius 1 is 1.33 bits per heavy atom. The summed E-state index contributed by atoms with van der Waals surface area (Å²) in [7, 11) is 0. The Bertz CT molecular complexity index is 497. The molecular formula is C15H22N2O4. The highest BCUT2D eigenvalue weighted by Gasteiger charge is 2.31. The van der Waals surface area contributed by atoms with Gasteiger partial charge in [-0.2, -0.15) is 0 Å². The molecule has 0 radical (unpaired) electrons. The lowest BCUT2D eigenvalue weighted by atomic mass is 9.95. The molecule has 0 saturated carbocycles. The molecule has 0 bridgehead atoms. The van der Waals surface area contributed by atoms with Crippen molar-refractivity contribution in [1.29, 1.82) is 0 Å². The average Bonchev–Trinajstić information content (AvgIpc) is 2.40. The largest absolute Gasteiger partial charge is 0.508 e. The number of phenolic OH excluding ortho intramolecular Hbond substituents is 1. The van der Waals surface area contributed by atoms with Gasteiger partial charge in [-0.25, -0.2) is 4.79 Å². The number of phenols is 1. The van der Waals surface area contributed by atoms with E-state index < -0.39 is 23.5 Å². The molecule has 5 N–H and O–H groups in total. The van der Waals surface area contributed by atoms with Crippen LogP contribution in [0, 0.1) is 0 Å². The van der Waals surface area contributed by atoms with Crippen LogP contribution in [0.25, 0.3) is 0 Å². The Hall–Kier alpha value is -2.08. The first-order chi connectivity index (χ1) is 9.76. The number of carbonyl (C=O) groups is 2. The van der Waals surface area contributed by atoms with Crippen LogP contribution in [0.15, 0.2) is 24.3 Å². The number of amides is 1. The summed E-state index contributed by atoms with van der Waals surface area (Å²) in [5, 5.41) is 20.9. The average molecular weight is 294 g/mol. The smallest absolute Gasteiger partial charge is 0.326 e. The van der Waals surface area contributed by atoms with Gasteiger partial charge in [0.05, 0.1) is 5.54 Å². The fourth-order valence-electron chi connectivity index (χ4n) is 2.02. The van der Waals surface area contributed by atoms with Crippen molar-refractivity contribution >= 4 is 11.9 Å². The van der Waals surface area contributed by atoms with E-state index in [1.807, 2.05) is 6.92 Å². The predicted molar refractivity (Wildman–Crippen MR) is 78.9 cm³/mol. The molecule has 1 aromatic carbocycles. The number of carboxylic acid groups (broad SMARTS) is 1. The molecule has 0 fully saturated rings. The zero-order chi connectivity index (χ0) is 16.0. The zero-order valence-corrected chi connectivity index (χ0v) is 12.3. The van der Waals surface area contributed by atoms with Crippen LogP contribution in [0.4, 0.5) is 0 Å². The van der Waals surface area contributed by atoms with E-state index in [9.17, 15) is 19.8 Å². The van der Waals surface area contributed by atoms with Crippen LogP contribution in [0.5, 0.6) is 5.75 Å². The van der Waals surface area contributed by atoms with Gasteiger partial charge in [0.1, 0.15) is 11.8 Å². The Kier molecular flexibility index (Phi) is 5.72. The molecule has 116 valence electrons. The molecule has 6 nitrogen and oxygen atoms in total. The number of nitrogens with two attached hydrogens (primary N) is 1. The second kappa shape index (κ2) is 7.08. The third-order valence-electron chi connectivity index (χ3n) is 3.27. The second-order valence-corrected chi connectivity index (χ2v) is 5.40. The molecule has 0 aromatic heterocycles. The minimum Gasteiger partial charge on any atom is -0.508 e. The van der Waals surface area contributed by atoms with Gasteiger partial charge in [0.2, 0.25) is 5.91 Å². The van der Waals surface area contributed by atoms with Crippen molar-refractivity contribution < 1.29 is 19.8 Å². The van der Waals surface area contributed by atoms with E-state index in [2.05, 4.69) is 5.32 Å². The van der Waals surface area contributed by atoms with Crippen LogP contribution in [-0.4, -0.2) is 33.7 Å². The lowest BCUT2D eigenvalue weighted by Gasteiger charge is -2.25. The minimum absolute atomic E-state index is 0.104. The normalized spacial score (nSPS) is 15.0. The molecule has 0 aliphatic carbocycles. The molecule has 0 aliphatic heterocycles. The van der Waals surface area contributed by atoms with Crippen molar-refractivity contribution in [3.63, 3.8) is 0 Å². The first-order valence-corrected chi connectivity index (χ1v) is 6.87. The molecule has 0 saturated heterocycles. The molecule has 1 unspecified atom stereocenters. The van der Waals surface area contributed by atoms with Crippen molar-refractivity contribution in [1.82, 2.24) is 5.32 Å². The molecule has 0 spiro atoms. The van der Waals surface area contributed by atoms with Crippen molar-refractivity contribution in [2.45, 2.75) is 44.7 Å². The van der Waals surface area contributed by atoms with Gasteiger partial charge in [-0.1, -0.05) is 25.5 Å². The SMILES string of the molecule is CCCC(C)(N)C(=O)N[C@H](Cc1ccc(O)cc1)C(=O)O. The first kappa shape index (κ1) is 17.0. The van der Waals surface area contributed by atoms with Crippen LogP contribution < -0.4 is 11.1 Å². The number of benzene rings is 1. The third kappa shape index (κ3) is 5.07. The van der Waals surface area contributed by atoms with Gasteiger partial charge in [-0.3, -0.25) is 4.79 Å². The van der Waals surface area contributed by atoms with Crippen molar-refractivity contribution in [3.8, 4) is 5.75 Å². The van der Waals surface area contributed by atoms with E-state index in [1.54, 1.807) is 19.1 Å². The Labute approximate surface area is 124 Å². The van der Waals surface area contributed by atoms with Crippen LogP contribution in [0.1, 0.15) is 32.3 Å². The summed E-state index contributed by atoms with van der Waals surface area (Å²) in [5.74, 6) is -1.49. The molecule has 0 aliphatic rings. The highest BCUT2D eigenvalue weighted by molar-refractivity contribution is 5.89. The highest BCUT2D eigenvalue weighted by Crippen LogP contribution is 2.13. The second-order valence-electron chi connectivity index (χ2n) is 5.40. The Balaban J connectivity index is 2.76. The topological polar surface area (TPSA) is 113 Å². The van der Waals surface area contributed by atoms with Crippen molar-refractivity contribution in [2.75, 3.05) is 0 Å². The number of aliphatic carboxylic acids is 1. The molecule has 6 heteroatoms. The van der Waals surface area contributed by atoms with Gasteiger partial charge < -0.3 is 21.3 Å². The third-order valence-corrected chi connectivity index (χ3v) is 3.27. The molecule has 1 rings (SSSR count). The standard InChI is InChI=1S/C15H22N2O4/c1-3-8-15(2,16)14(21)17-12(13(19)20)9-10-4-6-11(18)7-5-10/h4-7,12,18H,3,8-9,16H2,1-2H3,(H,17,21)(H,19,20)/t12-,15?/m1/s1. The first-order valence-electron chi connectivity index (χ1n) is 6.87.